The summed E-state index contributed by atoms with van der Waals surface area (Å²) >= 11 is 0. The Bertz CT molecular complexity index is 851. The van der Waals surface area contributed by atoms with E-state index in [4.69, 9.17) is 4.74 Å². The summed E-state index contributed by atoms with van der Waals surface area (Å²) in [5.41, 5.74) is 1.78. The van der Waals surface area contributed by atoms with Crippen molar-refractivity contribution in [2.45, 2.75) is 33.7 Å². The fourth-order valence-corrected chi connectivity index (χ4v) is 2.35. The van der Waals surface area contributed by atoms with Crippen LogP contribution in [0.5, 0.6) is 5.75 Å². The molecule has 1 aromatic heterocycles. The van der Waals surface area contributed by atoms with Crippen LogP contribution >= 0.6 is 0 Å². The van der Waals surface area contributed by atoms with Crippen LogP contribution in [0.25, 0.3) is 11.3 Å². The summed E-state index contributed by atoms with van der Waals surface area (Å²) in [6.07, 6.45) is -2.62. The summed E-state index contributed by atoms with van der Waals surface area (Å²) in [5.74, 6) is 6.17. The molecule has 0 aliphatic heterocycles. The summed E-state index contributed by atoms with van der Waals surface area (Å²) in [6.45, 7) is 4.77. The zero-order chi connectivity index (χ0) is 17.7. The van der Waals surface area contributed by atoms with Crippen molar-refractivity contribution in [3.63, 3.8) is 0 Å². The average Bonchev–Trinajstić information content (AvgIpc) is 2.53. The van der Waals surface area contributed by atoms with Crippen molar-refractivity contribution >= 4 is 0 Å². The van der Waals surface area contributed by atoms with Crippen LogP contribution in [0.3, 0.4) is 0 Å². The fourth-order valence-electron chi connectivity index (χ4n) is 2.35. The van der Waals surface area contributed by atoms with Gasteiger partial charge in [0.2, 0.25) is 0 Å². The third-order valence-electron chi connectivity index (χ3n) is 3.54. The SMILES string of the molecule is CC#CCOc1ccc(-c2[c-]cc(C)c(=O)n2CC(F)F)c(C)c1.[Y]. The molecule has 0 N–H and O–H groups in total. The Balaban J connectivity index is 0.00000312. The number of hydrogen-bond donors (Lipinski definition) is 0. The number of aryl methyl sites for hydroxylation is 2. The number of ether oxygens (including phenoxy) is 1. The molecule has 1 aromatic carbocycles. The van der Waals surface area contributed by atoms with Gasteiger partial charge in [0.1, 0.15) is 12.4 Å². The van der Waals surface area contributed by atoms with Crippen molar-refractivity contribution in [3.8, 4) is 28.8 Å². The first-order chi connectivity index (χ1) is 11.4. The molecule has 0 fully saturated rings. The maximum Gasteiger partial charge on any atom is 0.256 e. The van der Waals surface area contributed by atoms with E-state index >= 15 is 0 Å². The predicted molar refractivity (Wildman–Crippen MR) is 89.4 cm³/mol. The molecule has 0 aliphatic carbocycles. The predicted octanol–water partition coefficient (Wildman–Crippen LogP) is 3.60. The van der Waals surface area contributed by atoms with E-state index in [1.165, 1.54) is 6.07 Å². The quantitative estimate of drug-likeness (QED) is 0.548. The van der Waals surface area contributed by atoms with Gasteiger partial charge in [0.25, 0.3) is 6.43 Å². The molecule has 2 rings (SSSR count). The van der Waals surface area contributed by atoms with Crippen molar-refractivity contribution < 1.29 is 46.2 Å². The van der Waals surface area contributed by atoms with Gasteiger partial charge in [0.05, 0.1) is 6.54 Å². The van der Waals surface area contributed by atoms with Crippen molar-refractivity contribution in [2.75, 3.05) is 6.61 Å². The monoisotopic (exact) mass is 419 g/mol. The molecular weight excluding hydrogens is 401 g/mol. The van der Waals surface area contributed by atoms with E-state index in [0.717, 1.165) is 10.1 Å². The zero-order valence-corrected chi connectivity index (χ0v) is 17.2. The minimum atomic E-state index is -2.62. The molecule has 0 saturated heterocycles. The van der Waals surface area contributed by atoms with E-state index in [9.17, 15) is 13.6 Å². The summed E-state index contributed by atoms with van der Waals surface area (Å²) in [6, 6.07) is 9.73. The summed E-state index contributed by atoms with van der Waals surface area (Å²) in [5, 5.41) is 0. The van der Waals surface area contributed by atoms with E-state index in [0.29, 0.717) is 22.6 Å². The number of alkyl halides is 2. The van der Waals surface area contributed by atoms with Crippen LogP contribution in [0.15, 0.2) is 29.1 Å². The molecule has 1 heterocycles. The Morgan fingerprint density at radius 2 is 2.00 bits per heavy atom. The molecule has 0 saturated carbocycles. The number of hydrogen-bond acceptors (Lipinski definition) is 2. The standard InChI is InChI=1S/C19H18F2NO2.Y/c1-4-5-10-24-15-7-8-16(14(3)11-15)17-9-6-13(2)19(23)22(17)12-18(20)21;/h6-8,11,18H,10,12H2,1-3H3;/q-1;. The molecule has 2 aromatic rings. The maximum absolute atomic E-state index is 12.9. The van der Waals surface area contributed by atoms with Crippen LogP contribution in [0.4, 0.5) is 8.78 Å². The third-order valence-corrected chi connectivity index (χ3v) is 3.54. The molecule has 0 amide bonds. The van der Waals surface area contributed by atoms with Crippen molar-refractivity contribution in [1.82, 2.24) is 4.57 Å². The van der Waals surface area contributed by atoms with E-state index in [1.807, 2.05) is 6.92 Å². The first-order valence-electron chi connectivity index (χ1n) is 7.47. The second-order valence-electron chi connectivity index (χ2n) is 5.32. The second-order valence-corrected chi connectivity index (χ2v) is 5.32. The number of benzene rings is 1. The van der Waals surface area contributed by atoms with Crippen LogP contribution in [-0.2, 0) is 39.3 Å². The van der Waals surface area contributed by atoms with Gasteiger partial charge < -0.3 is 9.30 Å². The molecule has 1 radical (unpaired) electrons. The fraction of sp³-hybridized carbons (Fsp3) is 0.316. The van der Waals surface area contributed by atoms with Gasteiger partial charge in [-0.15, -0.1) is 12.0 Å². The zero-order valence-electron chi connectivity index (χ0n) is 14.4. The van der Waals surface area contributed by atoms with Gasteiger partial charge in [-0.2, -0.15) is 12.1 Å². The van der Waals surface area contributed by atoms with Gasteiger partial charge in [-0.3, -0.25) is 4.79 Å². The molecule has 6 heteroatoms. The minimum Gasteiger partial charge on any atom is -0.481 e. The number of halogens is 2. The Labute approximate surface area is 171 Å². The smallest absolute Gasteiger partial charge is 0.256 e. The first-order valence-corrected chi connectivity index (χ1v) is 7.47. The second kappa shape index (κ2) is 9.84. The molecular formula is C19H18F2NO2Y-. The Hall–Kier alpha value is -1.51. The van der Waals surface area contributed by atoms with E-state index in [2.05, 4.69) is 17.9 Å². The van der Waals surface area contributed by atoms with Crippen molar-refractivity contribution in [2.24, 2.45) is 0 Å². The van der Waals surface area contributed by atoms with Crippen molar-refractivity contribution in [1.29, 1.82) is 0 Å². The van der Waals surface area contributed by atoms with E-state index < -0.39 is 18.5 Å². The molecule has 25 heavy (non-hydrogen) atoms. The maximum atomic E-state index is 12.9. The van der Waals surface area contributed by atoms with Crippen LogP contribution < -0.4 is 10.3 Å². The molecule has 129 valence electrons. The van der Waals surface area contributed by atoms with Gasteiger partial charge in [-0.25, -0.2) is 8.78 Å². The topological polar surface area (TPSA) is 31.2 Å². The molecule has 0 unspecified atom stereocenters. The summed E-state index contributed by atoms with van der Waals surface area (Å²) < 4.78 is 32.3. The van der Waals surface area contributed by atoms with Gasteiger partial charge in [0, 0.05) is 32.7 Å². The average molecular weight is 419 g/mol. The van der Waals surface area contributed by atoms with E-state index in [-0.39, 0.29) is 39.3 Å². The third kappa shape index (κ3) is 5.49. The van der Waals surface area contributed by atoms with Gasteiger partial charge in [-0.1, -0.05) is 42.2 Å². The summed E-state index contributed by atoms with van der Waals surface area (Å²) in [7, 11) is 0. The van der Waals surface area contributed by atoms with Crippen LogP contribution in [-0.4, -0.2) is 17.6 Å². The molecule has 0 aliphatic rings. The van der Waals surface area contributed by atoms with Gasteiger partial charge >= 0.3 is 0 Å². The minimum absolute atomic E-state index is 0. The molecule has 0 spiro atoms. The van der Waals surface area contributed by atoms with Crippen molar-refractivity contribution in [3.05, 3.63) is 51.8 Å². The van der Waals surface area contributed by atoms with Gasteiger partial charge in [0.15, 0.2) is 5.56 Å². The Kier molecular flexibility index (Phi) is 8.48. The molecule has 0 bridgehead atoms. The Morgan fingerprint density at radius 3 is 2.60 bits per heavy atom. The first kappa shape index (κ1) is 21.5. The summed E-state index contributed by atoms with van der Waals surface area (Å²) in [4.78, 5) is 12.2. The largest absolute Gasteiger partial charge is 0.481 e. The normalized spacial score (nSPS) is 10.0. The van der Waals surface area contributed by atoms with Gasteiger partial charge in [-0.05, 0) is 19.1 Å². The number of rotatable bonds is 5. The molecule has 3 nitrogen and oxygen atoms in total. The number of nitrogens with zero attached hydrogens (tertiary/aromatic N) is 1. The van der Waals surface area contributed by atoms with E-state index in [1.54, 1.807) is 32.0 Å². The van der Waals surface area contributed by atoms with Crippen LogP contribution in [0, 0.1) is 31.8 Å². The Morgan fingerprint density at radius 1 is 1.28 bits per heavy atom. The van der Waals surface area contributed by atoms with Crippen LogP contribution in [0.2, 0.25) is 0 Å². The van der Waals surface area contributed by atoms with Crippen LogP contribution in [0.1, 0.15) is 18.1 Å². The molecule has 0 atom stereocenters. The number of pyridine rings is 1. The number of aromatic nitrogens is 1.